The summed E-state index contributed by atoms with van der Waals surface area (Å²) in [5.74, 6) is -0.821. The fraction of sp³-hybridized carbons (Fsp3) is 0.459. The number of amides is 4. The lowest BCUT2D eigenvalue weighted by atomic mass is 9.83. The summed E-state index contributed by atoms with van der Waals surface area (Å²) >= 11 is 6.74. The van der Waals surface area contributed by atoms with E-state index in [1.54, 1.807) is 69.4 Å². The van der Waals surface area contributed by atoms with E-state index in [2.05, 4.69) is 16.0 Å². The maximum Gasteiger partial charge on any atom is 0.412 e. The summed E-state index contributed by atoms with van der Waals surface area (Å²) in [4.78, 5) is 53.0. The average Bonchev–Trinajstić information content (AvgIpc) is 3.78. The number of fused-ring (bicyclic) bond motifs is 5. The Morgan fingerprint density at radius 2 is 1.79 bits per heavy atom. The summed E-state index contributed by atoms with van der Waals surface area (Å²) in [5, 5.41) is 19.8. The third kappa shape index (κ3) is 8.52. The predicted molar refractivity (Wildman–Crippen MR) is 193 cm³/mol. The lowest BCUT2D eigenvalue weighted by Gasteiger charge is -2.42. The number of ether oxygens (including phenoxy) is 5. The number of nitrogens with one attached hydrogen (secondary N) is 3. The van der Waals surface area contributed by atoms with Crippen LogP contribution in [0.1, 0.15) is 46.1 Å². The molecule has 4 amide bonds. The quantitative estimate of drug-likeness (QED) is 0.293. The predicted octanol–water partition coefficient (Wildman–Crippen LogP) is 5.33. The Bertz CT molecular complexity index is 1770. The molecule has 52 heavy (non-hydrogen) atoms. The lowest BCUT2D eigenvalue weighted by Crippen LogP contribution is -2.63. The van der Waals surface area contributed by atoms with Crippen LogP contribution >= 0.6 is 11.6 Å². The lowest BCUT2D eigenvalue weighted by molar-refractivity contribution is -0.142. The SMILES string of the molecule is COc1cc2cc(c1Cl)N(C)C(=O)C[C@H](OC(=O)Nc1ccc(NC(C)=O)cc1)[C@]1(C)O[C@H]1[C@H](C)[C@@H]1C[C@@](O)(NC(=O)O1)[C@H](OC)/C=C/C=C(\C)C2. The third-order valence-corrected chi connectivity index (χ3v) is 10.0. The number of carbonyl (C=O) groups excluding carboxylic acids is 4. The summed E-state index contributed by atoms with van der Waals surface area (Å²) in [7, 11) is 4.49. The van der Waals surface area contributed by atoms with Gasteiger partial charge in [0.15, 0.2) is 5.72 Å². The molecule has 5 rings (SSSR count). The molecule has 3 aliphatic heterocycles. The van der Waals surface area contributed by atoms with Crippen LogP contribution in [0.4, 0.5) is 26.7 Å². The smallest absolute Gasteiger partial charge is 0.412 e. The standard InChI is InChI=1S/C37H45ClN4O10/c1-20-9-8-10-29(49-7)37(47)19-28(50-35(46)41-37)21(2)33-36(4,52-33)30(51-34(45)40-25-13-11-24(12-14-25)39-22(3)43)18-31(44)42(5)26-16-23(15-20)17-27(48-6)32(26)38/h8-14,16-17,21,28-30,33,47H,15,18-19H2,1-7H3,(H,39,43)(H,40,45)(H,41,46)/b10-8+,20-9+/t21-,28+,29-,30+,33+,36+,37+/m1/s1. The van der Waals surface area contributed by atoms with Crippen LogP contribution < -0.4 is 25.6 Å². The van der Waals surface area contributed by atoms with Crippen molar-refractivity contribution < 1.29 is 48.0 Å². The van der Waals surface area contributed by atoms with Crippen molar-refractivity contribution in [2.45, 2.75) is 82.7 Å². The number of halogens is 1. The Morgan fingerprint density at radius 1 is 1.12 bits per heavy atom. The van der Waals surface area contributed by atoms with Crippen molar-refractivity contribution in [2.24, 2.45) is 5.92 Å². The Labute approximate surface area is 307 Å². The molecule has 2 fully saturated rings. The number of aliphatic hydroxyl groups is 1. The molecular weight excluding hydrogens is 696 g/mol. The molecule has 14 nitrogen and oxygen atoms in total. The van der Waals surface area contributed by atoms with Crippen LogP contribution in [0.5, 0.6) is 5.75 Å². The number of rotatable bonds is 5. The molecule has 280 valence electrons. The highest BCUT2D eigenvalue weighted by atomic mass is 35.5. The van der Waals surface area contributed by atoms with Crippen LogP contribution in [0, 0.1) is 5.92 Å². The van der Waals surface area contributed by atoms with Crippen LogP contribution in [0.25, 0.3) is 0 Å². The molecule has 7 atom stereocenters. The first-order valence-corrected chi connectivity index (χ1v) is 17.2. The molecule has 0 radical (unpaired) electrons. The van der Waals surface area contributed by atoms with Gasteiger partial charge in [0.2, 0.25) is 11.8 Å². The second-order valence-corrected chi connectivity index (χ2v) is 14.0. The molecule has 0 aromatic heterocycles. The second kappa shape index (κ2) is 15.5. The minimum atomic E-state index is -1.82. The minimum absolute atomic E-state index is 0.0479. The fourth-order valence-electron chi connectivity index (χ4n) is 6.72. The Hall–Kier alpha value is -4.63. The van der Waals surface area contributed by atoms with Crippen LogP contribution in [0.2, 0.25) is 5.02 Å². The molecule has 0 unspecified atom stereocenters. The van der Waals surface area contributed by atoms with Crippen molar-refractivity contribution in [3.8, 4) is 5.75 Å². The molecule has 4 N–H and O–H groups in total. The zero-order valence-electron chi connectivity index (χ0n) is 30.2. The van der Waals surface area contributed by atoms with Gasteiger partial charge >= 0.3 is 12.2 Å². The van der Waals surface area contributed by atoms with Gasteiger partial charge in [-0.3, -0.25) is 20.2 Å². The van der Waals surface area contributed by atoms with E-state index in [1.807, 2.05) is 13.0 Å². The van der Waals surface area contributed by atoms with Gasteiger partial charge in [0, 0.05) is 44.8 Å². The molecule has 3 aliphatic rings. The summed E-state index contributed by atoms with van der Waals surface area (Å²) in [6.07, 6.45) is 0.114. The molecule has 0 spiro atoms. The topological polar surface area (TPSA) is 177 Å². The van der Waals surface area contributed by atoms with Gasteiger partial charge in [-0.15, -0.1) is 0 Å². The number of nitrogens with zero attached hydrogens (tertiary/aromatic N) is 1. The summed E-state index contributed by atoms with van der Waals surface area (Å²) in [6, 6.07) is 9.99. The Balaban J connectivity index is 1.51. The molecule has 2 saturated heterocycles. The molecule has 15 heteroatoms. The van der Waals surface area contributed by atoms with Gasteiger partial charge in [-0.1, -0.05) is 42.3 Å². The molecule has 3 heterocycles. The number of hydrogen-bond acceptors (Lipinski definition) is 10. The van der Waals surface area contributed by atoms with E-state index in [9.17, 15) is 24.3 Å². The summed E-state index contributed by atoms with van der Waals surface area (Å²) in [5.41, 5.74) is 0.0267. The first-order chi connectivity index (χ1) is 24.6. The zero-order chi connectivity index (χ0) is 38.0. The van der Waals surface area contributed by atoms with E-state index in [0.29, 0.717) is 29.2 Å². The van der Waals surface area contributed by atoms with Gasteiger partial charge in [-0.2, -0.15) is 0 Å². The maximum atomic E-state index is 14.0. The van der Waals surface area contributed by atoms with E-state index in [0.717, 1.165) is 11.1 Å². The summed E-state index contributed by atoms with van der Waals surface area (Å²) in [6.45, 7) is 6.82. The van der Waals surface area contributed by atoms with Crippen molar-refractivity contribution in [2.75, 3.05) is 36.8 Å². The van der Waals surface area contributed by atoms with Crippen molar-refractivity contribution in [1.29, 1.82) is 0 Å². The third-order valence-electron chi connectivity index (χ3n) is 9.65. The zero-order valence-corrected chi connectivity index (χ0v) is 30.9. The van der Waals surface area contributed by atoms with E-state index >= 15 is 0 Å². The van der Waals surface area contributed by atoms with Gasteiger partial charge in [-0.05, 0) is 62.2 Å². The van der Waals surface area contributed by atoms with Gasteiger partial charge in [0.05, 0.1) is 25.3 Å². The number of epoxide rings is 1. The summed E-state index contributed by atoms with van der Waals surface area (Å²) < 4.78 is 29.0. The number of methoxy groups -OCH3 is 2. The highest BCUT2D eigenvalue weighted by molar-refractivity contribution is 6.35. The largest absolute Gasteiger partial charge is 0.495 e. The first-order valence-electron chi connectivity index (χ1n) is 16.8. The number of anilines is 3. The van der Waals surface area contributed by atoms with Crippen LogP contribution in [0.3, 0.4) is 0 Å². The van der Waals surface area contributed by atoms with Crippen LogP contribution in [-0.4, -0.2) is 86.1 Å². The van der Waals surface area contributed by atoms with E-state index < -0.39 is 59.8 Å². The molecule has 4 bridgehead atoms. The second-order valence-electron chi connectivity index (χ2n) is 13.6. The maximum absolute atomic E-state index is 14.0. The normalized spacial score (nSPS) is 30.8. The van der Waals surface area contributed by atoms with Crippen molar-refractivity contribution in [3.05, 3.63) is 70.8 Å². The van der Waals surface area contributed by atoms with Crippen molar-refractivity contribution in [1.82, 2.24) is 5.32 Å². The van der Waals surface area contributed by atoms with E-state index in [1.165, 1.54) is 26.0 Å². The van der Waals surface area contributed by atoms with Crippen LogP contribution in [-0.2, 0) is 35.0 Å². The Morgan fingerprint density at radius 3 is 2.42 bits per heavy atom. The number of benzene rings is 2. The van der Waals surface area contributed by atoms with Crippen molar-refractivity contribution in [3.63, 3.8) is 0 Å². The van der Waals surface area contributed by atoms with Gasteiger partial charge < -0.3 is 39.0 Å². The molecule has 0 saturated carbocycles. The van der Waals surface area contributed by atoms with Gasteiger partial charge in [0.25, 0.3) is 0 Å². The molecule has 2 aromatic carbocycles. The van der Waals surface area contributed by atoms with E-state index in [-0.39, 0.29) is 23.8 Å². The molecule has 0 aliphatic carbocycles. The number of carbonyl (C=O) groups is 4. The first kappa shape index (κ1) is 38.6. The minimum Gasteiger partial charge on any atom is -0.495 e. The highest BCUT2D eigenvalue weighted by Crippen LogP contribution is 2.49. The number of allylic oxidation sites excluding steroid dienone is 3. The molecule has 2 aromatic rings. The van der Waals surface area contributed by atoms with Crippen LogP contribution in [0.15, 0.2) is 60.2 Å². The Kier molecular flexibility index (Phi) is 11.5. The fourth-order valence-corrected chi connectivity index (χ4v) is 7.04. The average molecular weight is 741 g/mol. The van der Waals surface area contributed by atoms with Crippen molar-refractivity contribution >= 4 is 52.7 Å². The van der Waals surface area contributed by atoms with E-state index in [4.69, 9.17) is 35.3 Å². The molecular formula is C37H45ClN4O10. The highest BCUT2D eigenvalue weighted by Gasteiger charge is 2.64. The van der Waals surface area contributed by atoms with Gasteiger partial charge in [-0.25, -0.2) is 9.59 Å². The number of hydrogen-bond donors (Lipinski definition) is 4. The monoisotopic (exact) mass is 740 g/mol. The van der Waals surface area contributed by atoms with Gasteiger partial charge in [0.1, 0.15) is 34.7 Å². The number of alkyl carbamates (subject to hydrolysis) is 1.